The van der Waals surface area contributed by atoms with E-state index < -0.39 is 10.9 Å². The molecule has 0 atom stereocenters. The van der Waals surface area contributed by atoms with Crippen molar-refractivity contribution in [3.05, 3.63) is 19.4 Å². The highest BCUT2D eigenvalue weighted by Crippen LogP contribution is 2.23. The summed E-state index contributed by atoms with van der Waals surface area (Å²) < 4.78 is 5.64. The lowest BCUT2D eigenvalue weighted by atomic mass is 10.4. The van der Waals surface area contributed by atoms with Gasteiger partial charge in [-0.2, -0.15) is 0 Å². The predicted molar refractivity (Wildman–Crippen MR) is 53.9 cm³/mol. The third-order valence-electron chi connectivity index (χ3n) is 1.51. The van der Waals surface area contributed by atoms with Gasteiger partial charge in [-0.05, 0) is 27.5 Å². The van der Waals surface area contributed by atoms with E-state index in [4.69, 9.17) is 0 Å². The monoisotopic (exact) mass is 311 g/mol. The Morgan fingerprint density at radius 2 is 2.29 bits per heavy atom. The van der Waals surface area contributed by atoms with Crippen molar-refractivity contribution in [2.45, 2.75) is 0 Å². The van der Waals surface area contributed by atoms with Crippen molar-refractivity contribution in [2.24, 2.45) is 7.05 Å². The van der Waals surface area contributed by atoms with E-state index in [1.807, 2.05) is 0 Å². The molecule has 0 saturated carbocycles. The largest absolute Gasteiger partial charge is 0.464 e. The van der Waals surface area contributed by atoms with Crippen molar-refractivity contribution in [1.82, 2.24) is 9.78 Å². The molecule has 0 amide bonds. The van der Waals surface area contributed by atoms with Gasteiger partial charge in [0.25, 0.3) is 0 Å². The van der Waals surface area contributed by atoms with Crippen LogP contribution in [0.2, 0.25) is 0 Å². The molecule has 0 bridgehead atoms. The average Bonchev–Trinajstić information content (AvgIpc) is 2.40. The van der Waals surface area contributed by atoms with Crippen LogP contribution < -0.4 is 0 Å². The molecule has 1 rings (SSSR count). The Morgan fingerprint density at radius 1 is 1.71 bits per heavy atom. The van der Waals surface area contributed by atoms with E-state index in [1.165, 1.54) is 14.2 Å². The van der Waals surface area contributed by atoms with E-state index >= 15 is 0 Å². The summed E-state index contributed by atoms with van der Waals surface area (Å²) in [6, 6.07) is 0. The maximum absolute atomic E-state index is 11.1. The van der Waals surface area contributed by atoms with Crippen LogP contribution in [0.5, 0.6) is 0 Å². The first-order chi connectivity index (χ1) is 6.49. The summed E-state index contributed by atoms with van der Waals surface area (Å²) in [5, 5.41) is 14.2. The summed E-state index contributed by atoms with van der Waals surface area (Å²) in [7, 11) is 2.59. The van der Waals surface area contributed by atoms with Crippen LogP contribution in [-0.2, 0) is 11.8 Å². The molecule has 8 heteroatoms. The standard InChI is InChI=1S/C6H6IN3O4/c1-9-5(10(12)13)3(7)4(8-9)6(11)14-2/h1-2H3. The molecule has 0 aromatic carbocycles. The van der Waals surface area contributed by atoms with Crippen LogP contribution in [0, 0.1) is 13.7 Å². The second-order valence-electron chi connectivity index (χ2n) is 2.36. The number of carbonyl (C=O) groups is 1. The number of hydrogen-bond acceptors (Lipinski definition) is 5. The van der Waals surface area contributed by atoms with Gasteiger partial charge in [0.15, 0.2) is 0 Å². The molecule has 7 nitrogen and oxygen atoms in total. The minimum Gasteiger partial charge on any atom is -0.464 e. The number of rotatable bonds is 2. The maximum atomic E-state index is 11.1. The highest BCUT2D eigenvalue weighted by atomic mass is 127. The number of nitro groups is 1. The second kappa shape index (κ2) is 3.90. The number of aryl methyl sites for hydroxylation is 1. The third-order valence-corrected chi connectivity index (χ3v) is 2.51. The molecule has 0 aliphatic heterocycles. The molecule has 1 aromatic heterocycles. The van der Waals surface area contributed by atoms with Crippen molar-refractivity contribution in [2.75, 3.05) is 7.11 Å². The van der Waals surface area contributed by atoms with Gasteiger partial charge >= 0.3 is 11.8 Å². The Kier molecular flexibility index (Phi) is 3.03. The van der Waals surface area contributed by atoms with Crippen LogP contribution in [0.4, 0.5) is 5.82 Å². The molecule has 0 N–H and O–H groups in total. The predicted octanol–water partition coefficient (Wildman–Crippen LogP) is 0.719. The van der Waals surface area contributed by atoms with E-state index in [2.05, 4.69) is 9.84 Å². The van der Waals surface area contributed by atoms with E-state index in [1.54, 1.807) is 22.6 Å². The second-order valence-corrected chi connectivity index (χ2v) is 3.44. The van der Waals surface area contributed by atoms with Gasteiger partial charge in [-0.3, -0.25) is 0 Å². The van der Waals surface area contributed by atoms with E-state index in [0.29, 0.717) is 0 Å². The van der Waals surface area contributed by atoms with Crippen molar-refractivity contribution >= 4 is 34.4 Å². The van der Waals surface area contributed by atoms with Gasteiger partial charge < -0.3 is 14.9 Å². The molecule has 76 valence electrons. The maximum Gasteiger partial charge on any atom is 0.362 e. The van der Waals surface area contributed by atoms with Crippen LogP contribution in [0.3, 0.4) is 0 Å². The molecule has 0 aliphatic rings. The molecule has 14 heavy (non-hydrogen) atoms. The zero-order valence-corrected chi connectivity index (χ0v) is 9.51. The molecule has 0 saturated heterocycles. The molecule has 1 heterocycles. The lowest BCUT2D eigenvalue weighted by Gasteiger charge is -1.93. The van der Waals surface area contributed by atoms with Crippen LogP contribution in [-0.4, -0.2) is 27.8 Å². The van der Waals surface area contributed by atoms with Crippen molar-refractivity contribution < 1.29 is 14.5 Å². The van der Waals surface area contributed by atoms with E-state index in [0.717, 1.165) is 4.68 Å². The number of nitrogens with zero attached hydrogens (tertiary/aromatic N) is 3. The topological polar surface area (TPSA) is 87.3 Å². The molecule has 0 radical (unpaired) electrons. The normalized spacial score (nSPS) is 9.93. The van der Waals surface area contributed by atoms with Crippen molar-refractivity contribution in [3.63, 3.8) is 0 Å². The van der Waals surface area contributed by atoms with Gasteiger partial charge in [0.2, 0.25) is 5.69 Å². The molecule has 0 spiro atoms. The summed E-state index contributed by atoms with van der Waals surface area (Å²) in [5.41, 5.74) is -0.0395. The fourth-order valence-corrected chi connectivity index (χ4v) is 1.79. The molecule has 0 unspecified atom stereocenters. The Morgan fingerprint density at radius 3 is 2.64 bits per heavy atom. The fourth-order valence-electron chi connectivity index (χ4n) is 0.915. The quantitative estimate of drug-likeness (QED) is 0.347. The first-order valence-electron chi connectivity index (χ1n) is 3.44. The minimum atomic E-state index is -0.682. The summed E-state index contributed by atoms with van der Waals surface area (Å²) in [6.07, 6.45) is 0. The van der Waals surface area contributed by atoms with Gasteiger partial charge in [0, 0.05) is 0 Å². The highest BCUT2D eigenvalue weighted by Gasteiger charge is 2.28. The molecular weight excluding hydrogens is 305 g/mol. The van der Waals surface area contributed by atoms with Gasteiger partial charge in [0.1, 0.15) is 10.6 Å². The molecule has 1 aromatic rings. The first kappa shape index (κ1) is 10.9. The zero-order valence-electron chi connectivity index (χ0n) is 7.35. The number of esters is 1. The van der Waals surface area contributed by atoms with E-state index in [9.17, 15) is 14.9 Å². The number of methoxy groups -OCH3 is 1. The number of aromatic nitrogens is 2. The summed E-state index contributed by atoms with van der Waals surface area (Å²) in [4.78, 5) is 21.1. The molecule has 0 aliphatic carbocycles. The van der Waals surface area contributed by atoms with Crippen LogP contribution in [0.1, 0.15) is 10.5 Å². The number of ether oxygens (including phenoxy) is 1. The van der Waals surface area contributed by atoms with Gasteiger partial charge in [0.05, 0.1) is 7.11 Å². The number of carbonyl (C=O) groups excluding carboxylic acids is 1. The van der Waals surface area contributed by atoms with Crippen LogP contribution in [0.25, 0.3) is 0 Å². The average molecular weight is 311 g/mol. The lowest BCUT2D eigenvalue weighted by molar-refractivity contribution is -0.393. The highest BCUT2D eigenvalue weighted by molar-refractivity contribution is 14.1. The zero-order chi connectivity index (χ0) is 10.9. The SMILES string of the molecule is COC(=O)c1nn(C)c([N+](=O)[O-])c1I. The first-order valence-corrected chi connectivity index (χ1v) is 4.52. The van der Waals surface area contributed by atoms with Crippen molar-refractivity contribution in [1.29, 1.82) is 0 Å². The third kappa shape index (κ3) is 1.69. The molecule has 0 fully saturated rings. The molecular formula is C6H6IN3O4. The Balaban J connectivity index is 3.30. The van der Waals surface area contributed by atoms with Crippen LogP contribution in [0.15, 0.2) is 0 Å². The number of halogens is 1. The fraction of sp³-hybridized carbons (Fsp3) is 0.333. The summed E-state index contributed by atoms with van der Waals surface area (Å²) >= 11 is 1.69. The van der Waals surface area contributed by atoms with Crippen molar-refractivity contribution in [3.8, 4) is 0 Å². The Hall–Kier alpha value is -1.19. The summed E-state index contributed by atoms with van der Waals surface area (Å²) in [6.45, 7) is 0. The van der Waals surface area contributed by atoms with E-state index in [-0.39, 0.29) is 15.1 Å². The smallest absolute Gasteiger partial charge is 0.362 e. The number of hydrogen-bond donors (Lipinski definition) is 0. The van der Waals surface area contributed by atoms with Gasteiger partial charge in [-0.25, -0.2) is 4.79 Å². The van der Waals surface area contributed by atoms with Crippen LogP contribution >= 0.6 is 22.6 Å². The Bertz CT molecular complexity index is 400. The minimum absolute atomic E-state index is 0.0395. The van der Waals surface area contributed by atoms with Gasteiger partial charge in [-0.1, -0.05) is 5.10 Å². The van der Waals surface area contributed by atoms with Gasteiger partial charge in [-0.15, -0.1) is 4.68 Å². The lowest BCUT2D eigenvalue weighted by Crippen LogP contribution is -2.04. The summed E-state index contributed by atoms with van der Waals surface area (Å²) in [5.74, 6) is -0.899. The Labute approximate surface area is 92.3 Å².